The van der Waals surface area contributed by atoms with Crippen molar-refractivity contribution < 1.29 is 9.53 Å². The van der Waals surface area contributed by atoms with Gasteiger partial charge in [-0.2, -0.15) is 0 Å². The predicted molar refractivity (Wildman–Crippen MR) is 78.5 cm³/mol. The number of carbonyl (C=O) groups is 1. The molecule has 19 heavy (non-hydrogen) atoms. The second-order valence-corrected chi connectivity index (χ2v) is 5.17. The second kappa shape index (κ2) is 6.98. The summed E-state index contributed by atoms with van der Waals surface area (Å²) in [5.41, 5.74) is 1.26. The van der Waals surface area contributed by atoms with E-state index >= 15 is 0 Å². The van der Waals surface area contributed by atoms with E-state index in [2.05, 4.69) is 13.8 Å². The Hall–Kier alpha value is -1.77. The van der Waals surface area contributed by atoms with Gasteiger partial charge in [0.25, 0.3) is 0 Å². The van der Waals surface area contributed by atoms with Gasteiger partial charge in [-0.3, -0.25) is 4.79 Å². The molecule has 1 atom stereocenters. The summed E-state index contributed by atoms with van der Waals surface area (Å²) in [5, 5.41) is 0. The van der Waals surface area contributed by atoms with E-state index in [9.17, 15) is 4.79 Å². The molecule has 0 saturated carbocycles. The maximum atomic E-state index is 11.8. The molecule has 1 rings (SSSR count). The zero-order valence-electron chi connectivity index (χ0n) is 12.4. The molecule has 0 aliphatic carbocycles. The maximum Gasteiger partial charge on any atom is 0.197 e. The number of ether oxygens (including phenoxy) is 1. The van der Waals surface area contributed by atoms with E-state index in [0.29, 0.717) is 5.92 Å². The van der Waals surface area contributed by atoms with Crippen LogP contribution in [0.3, 0.4) is 0 Å². The minimum atomic E-state index is -0.471. The molecule has 1 aromatic rings. The molecule has 3 nitrogen and oxygen atoms in total. The summed E-state index contributed by atoms with van der Waals surface area (Å²) >= 11 is 0. The van der Waals surface area contributed by atoms with Gasteiger partial charge in [0, 0.05) is 26.4 Å². The Kier molecular flexibility index (Phi) is 5.61. The van der Waals surface area contributed by atoms with E-state index in [-0.39, 0.29) is 5.78 Å². The molecule has 1 unspecified atom stereocenters. The standard InChI is InChI=1S/C16H23NO2/c1-12(2)14-6-8-15(9-7-14)19-13(3)16(18)10-11-17(4)5/h6-13H,1-5H3/b11-10+. The predicted octanol–water partition coefficient (Wildman–Crippen LogP) is 3.22. The molecule has 0 bridgehead atoms. The fraction of sp³-hybridized carbons (Fsp3) is 0.438. The number of rotatable bonds is 6. The lowest BCUT2D eigenvalue weighted by Crippen LogP contribution is -2.22. The first-order valence-corrected chi connectivity index (χ1v) is 6.55. The van der Waals surface area contributed by atoms with Crippen LogP contribution in [0.2, 0.25) is 0 Å². The van der Waals surface area contributed by atoms with Crippen molar-refractivity contribution in [2.24, 2.45) is 0 Å². The van der Waals surface area contributed by atoms with Crippen molar-refractivity contribution in [3.63, 3.8) is 0 Å². The van der Waals surface area contributed by atoms with Gasteiger partial charge in [-0.1, -0.05) is 26.0 Å². The van der Waals surface area contributed by atoms with Crippen molar-refractivity contribution >= 4 is 5.78 Å². The van der Waals surface area contributed by atoms with Crippen molar-refractivity contribution in [3.8, 4) is 5.75 Å². The van der Waals surface area contributed by atoms with Gasteiger partial charge in [-0.05, 0) is 30.5 Å². The molecule has 0 amide bonds. The van der Waals surface area contributed by atoms with E-state index in [4.69, 9.17) is 4.74 Å². The summed E-state index contributed by atoms with van der Waals surface area (Å²) in [4.78, 5) is 13.6. The van der Waals surface area contributed by atoms with Crippen molar-refractivity contribution in [1.29, 1.82) is 0 Å². The topological polar surface area (TPSA) is 29.5 Å². The van der Waals surface area contributed by atoms with Crippen molar-refractivity contribution in [1.82, 2.24) is 4.90 Å². The quantitative estimate of drug-likeness (QED) is 0.736. The Labute approximate surface area is 115 Å². The molecular formula is C16H23NO2. The average molecular weight is 261 g/mol. The maximum absolute atomic E-state index is 11.8. The van der Waals surface area contributed by atoms with Crippen molar-refractivity contribution in [2.45, 2.75) is 32.8 Å². The van der Waals surface area contributed by atoms with Crippen LogP contribution in [0.15, 0.2) is 36.5 Å². The van der Waals surface area contributed by atoms with Crippen LogP contribution in [0.25, 0.3) is 0 Å². The number of benzene rings is 1. The molecular weight excluding hydrogens is 238 g/mol. The van der Waals surface area contributed by atoms with Crippen LogP contribution >= 0.6 is 0 Å². The Morgan fingerprint density at radius 2 is 1.74 bits per heavy atom. The highest BCUT2D eigenvalue weighted by Crippen LogP contribution is 2.19. The molecule has 104 valence electrons. The summed E-state index contributed by atoms with van der Waals surface area (Å²) in [5.74, 6) is 1.18. The van der Waals surface area contributed by atoms with Crippen LogP contribution in [-0.4, -0.2) is 30.9 Å². The number of nitrogens with zero attached hydrogens (tertiary/aromatic N) is 1. The van der Waals surface area contributed by atoms with Crippen LogP contribution in [0.4, 0.5) is 0 Å². The highest BCUT2D eigenvalue weighted by Gasteiger charge is 2.11. The SMILES string of the molecule is CC(Oc1ccc(C(C)C)cc1)C(=O)/C=C/N(C)C. The molecule has 0 aromatic heterocycles. The first-order valence-electron chi connectivity index (χ1n) is 6.55. The number of carbonyl (C=O) groups excluding carboxylic acids is 1. The lowest BCUT2D eigenvalue weighted by atomic mass is 10.0. The molecule has 0 heterocycles. The lowest BCUT2D eigenvalue weighted by molar-refractivity contribution is -0.120. The Morgan fingerprint density at radius 3 is 2.21 bits per heavy atom. The van der Waals surface area contributed by atoms with Crippen LogP contribution in [0.1, 0.15) is 32.3 Å². The summed E-state index contributed by atoms with van der Waals surface area (Å²) in [6.45, 7) is 6.06. The molecule has 0 aliphatic heterocycles. The number of hydrogen-bond donors (Lipinski definition) is 0. The van der Waals surface area contributed by atoms with E-state index in [1.54, 1.807) is 13.1 Å². The van der Waals surface area contributed by atoms with Crippen LogP contribution in [-0.2, 0) is 4.79 Å². The monoisotopic (exact) mass is 261 g/mol. The average Bonchev–Trinajstić information content (AvgIpc) is 2.36. The van der Waals surface area contributed by atoms with E-state index < -0.39 is 6.10 Å². The number of hydrogen-bond acceptors (Lipinski definition) is 3. The summed E-state index contributed by atoms with van der Waals surface area (Å²) in [7, 11) is 3.75. The van der Waals surface area contributed by atoms with Gasteiger partial charge in [-0.15, -0.1) is 0 Å². The number of ketones is 1. The largest absolute Gasteiger partial charge is 0.483 e. The first kappa shape index (κ1) is 15.3. The lowest BCUT2D eigenvalue weighted by Gasteiger charge is -2.13. The Bertz CT molecular complexity index is 433. The van der Waals surface area contributed by atoms with Crippen molar-refractivity contribution in [2.75, 3.05) is 14.1 Å². The molecule has 1 aromatic carbocycles. The van der Waals surface area contributed by atoms with E-state index in [0.717, 1.165) is 5.75 Å². The second-order valence-electron chi connectivity index (χ2n) is 5.17. The molecule has 0 radical (unpaired) electrons. The van der Waals surface area contributed by atoms with E-state index in [1.165, 1.54) is 11.6 Å². The zero-order valence-corrected chi connectivity index (χ0v) is 12.4. The minimum Gasteiger partial charge on any atom is -0.483 e. The molecule has 0 fully saturated rings. The van der Waals surface area contributed by atoms with Gasteiger partial charge >= 0.3 is 0 Å². The fourth-order valence-electron chi connectivity index (χ4n) is 1.55. The highest BCUT2D eigenvalue weighted by atomic mass is 16.5. The van der Waals surface area contributed by atoms with Gasteiger partial charge in [-0.25, -0.2) is 0 Å². The molecule has 3 heteroatoms. The molecule has 0 spiro atoms. The fourth-order valence-corrected chi connectivity index (χ4v) is 1.55. The molecule has 0 aliphatic rings. The normalized spacial score (nSPS) is 12.7. The first-order chi connectivity index (χ1) is 8.90. The van der Waals surface area contributed by atoms with Gasteiger partial charge in [0.1, 0.15) is 5.75 Å². The Balaban J connectivity index is 2.61. The smallest absolute Gasteiger partial charge is 0.197 e. The molecule has 0 saturated heterocycles. The third-order valence-corrected chi connectivity index (χ3v) is 2.80. The van der Waals surface area contributed by atoms with E-state index in [1.807, 2.05) is 43.3 Å². The van der Waals surface area contributed by atoms with Crippen LogP contribution in [0, 0.1) is 0 Å². The summed E-state index contributed by atoms with van der Waals surface area (Å²) in [6.07, 6.45) is 2.79. The summed E-state index contributed by atoms with van der Waals surface area (Å²) in [6, 6.07) is 7.89. The highest BCUT2D eigenvalue weighted by molar-refractivity contribution is 5.93. The van der Waals surface area contributed by atoms with Crippen LogP contribution in [0.5, 0.6) is 5.75 Å². The van der Waals surface area contributed by atoms with Crippen molar-refractivity contribution in [3.05, 3.63) is 42.1 Å². The zero-order chi connectivity index (χ0) is 14.4. The minimum absolute atomic E-state index is 0.0402. The van der Waals surface area contributed by atoms with Gasteiger partial charge < -0.3 is 9.64 Å². The van der Waals surface area contributed by atoms with Gasteiger partial charge in [0.2, 0.25) is 0 Å². The van der Waals surface area contributed by atoms with Gasteiger partial charge in [0.15, 0.2) is 11.9 Å². The molecule has 0 N–H and O–H groups in total. The van der Waals surface area contributed by atoms with Gasteiger partial charge in [0.05, 0.1) is 0 Å². The summed E-state index contributed by atoms with van der Waals surface area (Å²) < 4.78 is 5.62. The third-order valence-electron chi connectivity index (χ3n) is 2.80. The third kappa shape index (κ3) is 5.16. The Morgan fingerprint density at radius 1 is 1.16 bits per heavy atom. The van der Waals surface area contributed by atoms with Crippen LogP contribution < -0.4 is 4.74 Å².